The molecule has 4 rings (SSSR count). The summed E-state index contributed by atoms with van der Waals surface area (Å²) in [5, 5.41) is 4.10. The topological polar surface area (TPSA) is 94.6 Å². The van der Waals surface area contributed by atoms with Gasteiger partial charge in [-0.05, 0) is 38.5 Å². The number of aromatic nitrogens is 2. The van der Waals surface area contributed by atoms with Gasteiger partial charge in [-0.3, -0.25) is 4.99 Å². The Morgan fingerprint density at radius 3 is 2.80 bits per heavy atom. The van der Waals surface area contributed by atoms with Crippen LogP contribution in [0.3, 0.4) is 0 Å². The van der Waals surface area contributed by atoms with Crippen molar-refractivity contribution in [1.82, 2.24) is 9.97 Å². The number of aliphatic imine (C=N–C) groups is 1. The van der Waals surface area contributed by atoms with Crippen LogP contribution >= 0.6 is 11.8 Å². The van der Waals surface area contributed by atoms with E-state index in [-0.39, 0.29) is 12.2 Å². The van der Waals surface area contributed by atoms with Gasteiger partial charge < -0.3 is 20.5 Å². The molecule has 0 amide bonds. The molecule has 3 heterocycles. The number of ether oxygens (including phenoxy) is 2. The van der Waals surface area contributed by atoms with Gasteiger partial charge >= 0.3 is 0 Å². The van der Waals surface area contributed by atoms with E-state index in [9.17, 15) is 4.39 Å². The van der Waals surface area contributed by atoms with Gasteiger partial charge in [-0.25, -0.2) is 18.7 Å². The number of rotatable bonds is 7. The molecule has 0 fully saturated rings. The molecule has 0 unspecified atom stereocenters. The summed E-state index contributed by atoms with van der Waals surface area (Å²) < 4.78 is 40.2. The van der Waals surface area contributed by atoms with Gasteiger partial charge in [0.1, 0.15) is 17.9 Å². The highest BCUT2D eigenvalue weighted by Gasteiger charge is 2.44. The molecule has 1 aromatic carbocycles. The number of nitrogens with zero attached hydrogens (tertiary/aromatic N) is 3. The summed E-state index contributed by atoms with van der Waals surface area (Å²) in [5.41, 5.74) is 5.91. The maximum Gasteiger partial charge on any atom is 0.164 e. The number of anilines is 2. The number of pyridine rings is 2. The van der Waals surface area contributed by atoms with Gasteiger partial charge in [0.15, 0.2) is 22.6 Å². The molecule has 0 spiro atoms. The van der Waals surface area contributed by atoms with Crippen LogP contribution in [0.2, 0.25) is 0 Å². The standard InChI is InChI=1S/C25H25F2N5O2S/c1-5-8-34-17-9-15-6-7-29-22(21(15)30-12-17)31-16-10-18(20(27)19(26)11-16)25(3)13-24(2,14-33-4)35-23(28)32-25/h1,6-7,9-12H,8,13-14H2,2-4H3,(H2,28,32)(H,29,31)/t24-,25+/m1/s1. The number of nitrogens with one attached hydrogen (secondary N) is 1. The maximum atomic E-state index is 15.1. The van der Waals surface area contributed by atoms with Crippen molar-refractivity contribution >= 4 is 39.3 Å². The average molecular weight is 498 g/mol. The fraction of sp³-hybridized carbons (Fsp3) is 0.320. The van der Waals surface area contributed by atoms with E-state index in [1.807, 2.05) is 6.92 Å². The number of hydrogen-bond donors (Lipinski definition) is 2. The van der Waals surface area contributed by atoms with Gasteiger partial charge in [-0.15, -0.1) is 6.42 Å². The van der Waals surface area contributed by atoms with Crippen molar-refractivity contribution in [1.29, 1.82) is 0 Å². The van der Waals surface area contributed by atoms with E-state index in [1.165, 1.54) is 24.0 Å². The zero-order valence-corrected chi connectivity index (χ0v) is 20.4. The molecule has 0 aliphatic carbocycles. The molecule has 0 saturated carbocycles. The van der Waals surface area contributed by atoms with Crippen LogP contribution in [0, 0.1) is 24.0 Å². The number of halogens is 2. The monoisotopic (exact) mass is 497 g/mol. The number of methoxy groups -OCH3 is 1. The SMILES string of the molecule is C#CCOc1cnc2c(Nc3cc(F)c(F)c([C@]4(C)C[C@](C)(COC)SC(N)=N4)c3)nccc2c1. The highest BCUT2D eigenvalue weighted by atomic mass is 32.2. The van der Waals surface area contributed by atoms with E-state index in [1.54, 1.807) is 32.4 Å². The molecule has 7 nitrogen and oxygen atoms in total. The molecule has 2 atom stereocenters. The predicted octanol–water partition coefficient (Wildman–Crippen LogP) is 4.74. The minimum Gasteiger partial charge on any atom is -0.479 e. The van der Waals surface area contributed by atoms with E-state index in [2.05, 4.69) is 26.2 Å². The first-order chi connectivity index (χ1) is 16.7. The van der Waals surface area contributed by atoms with Crippen LogP contribution in [0.15, 0.2) is 41.7 Å². The second-order valence-electron chi connectivity index (χ2n) is 8.73. The Morgan fingerprint density at radius 1 is 1.26 bits per heavy atom. The number of thioether (sulfide) groups is 1. The average Bonchev–Trinajstić information content (AvgIpc) is 2.79. The molecular formula is C25H25F2N5O2S. The first-order valence-corrected chi connectivity index (χ1v) is 11.6. The van der Waals surface area contributed by atoms with Crippen LogP contribution in [-0.2, 0) is 10.3 Å². The lowest BCUT2D eigenvalue weighted by Gasteiger charge is -2.41. The zero-order chi connectivity index (χ0) is 25.2. The number of fused-ring (bicyclic) bond motifs is 1. The maximum absolute atomic E-state index is 15.1. The molecular weight excluding hydrogens is 472 g/mol. The van der Waals surface area contributed by atoms with Gasteiger partial charge in [0, 0.05) is 40.8 Å². The van der Waals surface area contributed by atoms with Crippen LogP contribution in [-0.4, -0.2) is 40.2 Å². The summed E-state index contributed by atoms with van der Waals surface area (Å²) in [5.74, 6) is 1.31. The van der Waals surface area contributed by atoms with Crippen molar-refractivity contribution in [2.45, 2.75) is 30.6 Å². The second kappa shape index (κ2) is 9.68. The van der Waals surface area contributed by atoms with Gasteiger partial charge in [0.05, 0.1) is 18.3 Å². The van der Waals surface area contributed by atoms with E-state index in [0.717, 1.165) is 11.5 Å². The second-order valence-corrected chi connectivity index (χ2v) is 10.3. The summed E-state index contributed by atoms with van der Waals surface area (Å²) in [6, 6.07) is 6.15. The summed E-state index contributed by atoms with van der Waals surface area (Å²) in [6.45, 7) is 4.20. The van der Waals surface area contributed by atoms with Crippen molar-refractivity contribution in [2.24, 2.45) is 10.7 Å². The van der Waals surface area contributed by atoms with Gasteiger partial charge in [0.25, 0.3) is 0 Å². The number of hydrogen-bond acceptors (Lipinski definition) is 8. The molecule has 0 radical (unpaired) electrons. The van der Waals surface area contributed by atoms with Crippen molar-refractivity contribution in [3.63, 3.8) is 0 Å². The highest BCUT2D eigenvalue weighted by molar-refractivity contribution is 8.15. The van der Waals surface area contributed by atoms with Crippen molar-refractivity contribution in [3.8, 4) is 18.1 Å². The van der Waals surface area contributed by atoms with E-state index >= 15 is 4.39 Å². The van der Waals surface area contributed by atoms with E-state index in [4.69, 9.17) is 21.6 Å². The van der Waals surface area contributed by atoms with Crippen molar-refractivity contribution < 1.29 is 18.3 Å². The molecule has 35 heavy (non-hydrogen) atoms. The Bertz CT molecular complexity index is 1350. The van der Waals surface area contributed by atoms with Crippen molar-refractivity contribution in [2.75, 3.05) is 25.6 Å². The Morgan fingerprint density at radius 2 is 2.06 bits per heavy atom. The molecule has 182 valence electrons. The van der Waals surface area contributed by atoms with Crippen LogP contribution in [0.4, 0.5) is 20.3 Å². The first-order valence-electron chi connectivity index (χ1n) is 10.8. The predicted molar refractivity (Wildman–Crippen MR) is 135 cm³/mol. The van der Waals surface area contributed by atoms with E-state index < -0.39 is 21.9 Å². The molecule has 3 N–H and O–H groups in total. The van der Waals surface area contributed by atoms with Gasteiger partial charge in [0.2, 0.25) is 0 Å². The quantitative estimate of drug-likeness (QED) is 0.456. The zero-order valence-electron chi connectivity index (χ0n) is 19.6. The molecule has 2 aromatic heterocycles. The highest BCUT2D eigenvalue weighted by Crippen LogP contribution is 2.46. The van der Waals surface area contributed by atoms with Crippen LogP contribution < -0.4 is 15.8 Å². The molecule has 1 aliphatic rings. The van der Waals surface area contributed by atoms with Crippen LogP contribution in [0.1, 0.15) is 25.8 Å². The lowest BCUT2D eigenvalue weighted by Crippen LogP contribution is -2.43. The number of amidine groups is 1. The largest absolute Gasteiger partial charge is 0.479 e. The Balaban J connectivity index is 1.72. The van der Waals surface area contributed by atoms with Crippen LogP contribution in [0.25, 0.3) is 10.9 Å². The van der Waals surface area contributed by atoms with Crippen LogP contribution in [0.5, 0.6) is 5.75 Å². The number of terminal acetylenes is 1. The normalized spacial score (nSPS) is 21.9. The molecule has 3 aromatic rings. The minimum absolute atomic E-state index is 0.0868. The minimum atomic E-state index is -1.10. The van der Waals surface area contributed by atoms with E-state index in [0.29, 0.717) is 41.0 Å². The number of nitrogens with two attached hydrogens (primary N) is 1. The molecule has 0 saturated heterocycles. The fourth-order valence-electron chi connectivity index (χ4n) is 4.39. The Hall–Kier alpha value is -3.42. The lowest BCUT2D eigenvalue weighted by molar-refractivity contribution is 0.157. The molecule has 0 bridgehead atoms. The summed E-state index contributed by atoms with van der Waals surface area (Å²) in [6.07, 6.45) is 8.74. The lowest BCUT2D eigenvalue weighted by atomic mass is 9.83. The fourth-order valence-corrected chi connectivity index (χ4v) is 5.67. The molecule has 10 heteroatoms. The third-order valence-electron chi connectivity index (χ3n) is 5.64. The Labute approximate surface area is 206 Å². The smallest absolute Gasteiger partial charge is 0.164 e. The number of benzene rings is 1. The Kier molecular flexibility index (Phi) is 6.83. The summed E-state index contributed by atoms with van der Waals surface area (Å²) >= 11 is 1.37. The third kappa shape index (κ3) is 5.16. The van der Waals surface area contributed by atoms with Crippen molar-refractivity contribution in [3.05, 3.63) is 53.9 Å². The van der Waals surface area contributed by atoms with Gasteiger partial charge in [-0.1, -0.05) is 17.7 Å². The van der Waals surface area contributed by atoms with Gasteiger partial charge in [-0.2, -0.15) is 0 Å². The summed E-state index contributed by atoms with van der Waals surface area (Å²) in [4.78, 5) is 13.2. The third-order valence-corrected chi connectivity index (χ3v) is 6.70. The molecule has 1 aliphatic heterocycles. The first kappa shape index (κ1) is 24.7. The summed E-state index contributed by atoms with van der Waals surface area (Å²) in [7, 11) is 1.59.